The van der Waals surface area contributed by atoms with Crippen molar-refractivity contribution in [2.45, 2.75) is 6.18 Å². The summed E-state index contributed by atoms with van der Waals surface area (Å²) in [5, 5.41) is 1.26. The van der Waals surface area contributed by atoms with Gasteiger partial charge in [0.2, 0.25) is 0 Å². The standard InChI is InChI=1S/C23H13F3N2O/c24-23(25,26)14-11-9-13(10-12-14)19-21-20(15-5-1-3-7-17(15)28-21)27-18-8-4-2-6-16(18)22(19)29/h1-12,28H. The van der Waals surface area contributed by atoms with Crippen molar-refractivity contribution in [1.82, 2.24) is 9.97 Å². The summed E-state index contributed by atoms with van der Waals surface area (Å²) in [6, 6.07) is 19.1. The van der Waals surface area contributed by atoms with Gasteiger partial charge in [-0.25, -0.2) is 4.98 Å². The van der Waals surface area contributed by atoms with Crippen LogP contribution in [0.5, 0.6) is 0 Å². The molecule has 2 heterocycles. The lowest BCUT2D eigenvalue weighted by molar-refractivity contribution is -0.137. The number of nitrogens with one attached hydrogen (secondary N) is 1. The number of fused-ring (bicyclic) bond motifs is 4. The van der Waals surface area contributed by atoms with E-state index in [0.29, 0.717) is 33.1 Å². The molecule has 0 radical (unpaired) electrons. The number of halogens is 3. The lowest BCUT2D eigenvalue weighted by Crippen LogP contribution is -2.06. The van der Waals surface area contributed by atoms with Crippen molar-refractivity contribution in [2.75, 3.05) is 0 Å². The van der Waals surface area contributed by atoms with Crippen LogP contribution in [-0.2, 0) is 6.18 Å². The first-order chi connectivity index (χ1) is 13.9. The van der Waals surface area contributed by atoms with Crippen molar-refractivity contribution >= 4 is 32.8 Å². The van der Waals surface area contributed by atoms with E-state index in [2.05, 4.69) is 4.98 Å². The van der Waals surface area contributed by atoms with Crippen molar-refractivity contribution in [3.63, 3.8) is 0 Å². The summed E-state index contributed by atoms with van der Waals surface area (Å²) in [6.07, 6.45) is -4.44. The summed E-state index contributed by atoms with van der Waals surface area (Å²) in [6.45, 7) is 0. The summed E-state index contributed by atoms with van der Waals surface area (Å²) >= 11 is 0. The Labute approximate surface area is 162 Å². The topological polar surface area (TPSA) is 45.8 Å². The molecule has 3 aromatic carbocycles. The summed E-state index contributed by atoms with van der Waals surface area (Å²) in [5.41, 5.74) is 2.12. The van der Waals surface area contributed by atoms with Gasteiger partial charge in [0.15, 0.2) is 5.43 Å². The van der Waals surface area contributed by atoms with Crippen LogP contribution in [0, 0.1) is 0 Å². The SMILES string of the molecule is O=c1c(-c2ccc(C(F)(F)F)cc2)c2[nH]c3ccccc3c2nc2ccccc12. The van der Waals surface area contributed by atoms with Gasteiger partial charge in [0.05, 0.1) is 27.7 Å². The number of para-hydroxylation sites is 2. The molecule has 3 nitrogen and oxygen atoms in total. The van der Waals surface area contributed by atoms with E-state index >= 15 is 0 Å². The van der Waals surface area contributed by atoms with Crippen LogP contribution in [0.1, 0.15) is 5.56 Å². The fourth-order valence-electron chi connectivity index (χ4n) is 3.66. The van der Waals surface area contributed by atoms with Gasteiger partial charge >= 0.3 is 6.18 Å². The highest BCUT2D eigenvalue weighted by Gasteiger charge is 2.30. The highest BCUT2D eigenvalue weighted by Crippen LogP contribution is 2.33. The smallest absolute Gasteiger partial charge is 0.353 e. The van der Waals surface area contributed by atoms with Gasteiger partial charge in [-0.05, 0) is 35.9 Å². The number of benzene rings is 3. The third-order valence-corrected chi connectivity index (χ3v) is 5.04. The van der Waals surface area contributed by atoms with E-state index in [9.17, 15) is 18.0 Å². The van der Waals surface area contributed by atoms with E-state index in [4.69, 9.17) is 4.98 Å². The van der Waals surface area contributed by atoms with Crippen molar-refractivity contribution in [3.05, 3.63) is 88.6 Å². The second kappa shape index (κ2) is 6.17. The van der Waals surface area contributed by atoms with Gasteiger partial charge in [0, 0.05) is 16.3 Å². The minimum Gasteiger partial charge on any atom is -0.353 e. The number of hydrogen-bond donors (Lipinski definition) is 1. The van der Waals surface area contributed by atoms with Crippen LogP contribution >= 0.6 is 0 Å². The number of H-pyrrole nitrogens is 1. The average Bonchev–Trinajstić information content (AvgIpc) is 3.00. The molecule has 0 aliphatic carbocycles. The Morgan fingerprint density at radius 1 is 0.793 bits per heavy atom. The van der Waals surface area contributed by atoms with Crippen LogP contribution in [0.25, 0.3) is 44.0 Å². The number of alkyl halides is 3. The van der Waals surface area contributed by atoms with Crippen molar-refractivity contribution in [1.29, 1.82) is 0 Å². The van der Waals surface area contributed by atoms with Crippen molar-refractivity contribution in [2.24, 2.45) is 0 Å². The Morgan fingerprint density at radius 3 is 2.17 bits per heavy atom. The van der Waals surface area contributed by atoms with Gasteiger partial charge in [-0.3, -0.25) is 4.79 Å². The summed E-state index contributed by atoms with van der Waals surface area (Å²) < 4.78 is 39.0. The van der Waals surface area contributed by atoms with Crippen LogP contribution in [0.3, 0.4) is 0 Å². The van der Waals surface area contributed by atoms with Gasteiger partial charge in [0.1, 0.15) is 0 Å². The first-order valence-electron chi connectivity index (χ1n) is 8.94. The van der Waals surface area contributed by atoms with Crippen molar-refractivity contribution in [3.8, 4) is 11.1 Å². The maximum absolute atomic E-state index is 13.4. The normalized spacial score (nSPS) is 12.1. The number of aromatic nitrogens is 2. The lowest BCUT2D eigenvalue weighted by atomic mass is 10.0. The Balaban J connectivity index is 1.95. The molecule has 0 spiro atoms. The molecule has 0 saturated heterocycles. The van der Waals surface area contributed by atoms with E-state index in [-0.39, 0.29) is 5.43 Å². The molecule has 142 valence electrons. The summed E-state index contributed by atoms with van der Waals surface area (Å²) in [7, 11) is 0. The Bertz CT molecular complexity index is 1450. The maximum atomic E-state index is 13.4. The zero-order chi connectivity index (χ0) is 20.2. The Morgan fingerprint density at radius 2 is 1.45 bits per heavy atom. The van der Waals surface area contributed by atoms with Crippen LogP contribution in [-0.4, -0.2) is 9.97 Å². The molecule has 0 aliphatic heterocycles. The second-order valence-corrected chi connectivity index (χ2v) is 6.80. The van der Waals surface area contributed by atoms with E-state index in [1.165, 1.54) is 12.1 Å². The number of rotatable bonds is 1. The fraction of sp³-hybridized carbons (Fsp3) is 0.0435. The predicted octanol–water partition coefficient (Wildman–Crippen LogP) is 5.92. The largest absolute Gasteiger partial charge is 0.416 e. The van der Waals surface area contributed by atoms with E-state index in [1.807, 2.05) is 24.3 Å². The number of aromatic amines is 1. The van der Waals surface area contributed by atoms with Gasteiger partial charge in [-0.1, -0.05) is 42.5 Å². The molecule has 0 atom stereocenters. The van der Waals surface area contributed by atoms with Gasteiger partial charge in [0.25, 0.3) is 0 Å². The van der Waals surface area contributed by atoms with E-state index in [1.54, 1.807) is 24.3 Å². The molecular weight excluding hydrogens is 377 g/mol. The van der Waals surface area contributed by atoms with Gasteiger partial charge in [-0.15, -0.1) is 0 Å². The summed E-state index contributed by atoms with van der Waals surface area (Å²) in [4.78, 5) is 21.4. The van der Waals surface area contributed by atoms with Crippen molar-refractivity contribution < 1.29 is 13.2 Å². The first kappa shape index (κ1) is 17.4. The van der Waals surface area contributed by atoms with Gasteiger partial charge < -0.3 is 4.98 Å². The minimum absolute atomic E-state index is 0.283. The minimum atomic E-state index is -4.44. The molecule has 0 amide bonds. The molecule has 5 rings (SSSR count). The molecule has 0 aliphatic rings. The zero-order valence-electron chi connectivity index (χ0n) is 14.9. The molecule has 2 aromatic heterocycles. The molecule has 0 bridgehead atoms. The molecular formula is C23H13F3N2O. The Hall–Kier alpha value is -3.67. The third-order valence-electron chi connectivity index (χ3n) is 5.04. The van der Waals surface area contributed by atoms with Crippen LogP contribution in [0.2, 0.25) is 0 Å². The van der Waals surface area contributed by atoms with Crippen LogP contribution in [0.4, 0.5) is 13.2 Å². The van der Waals surface area contributed by atoms with Crippen LogP contribution in [0.15, 0.2) is 77.6 Å². The lowest BCUT2D eigenvalue weighted by Gasteiger charge is -2.07. The van der Waals surface area contributed by atoms with E-state index in [0.717, 1.165) is 23.0 Å². The fourth-order valence-corrected chi connectivity index (χ4v) is 3.66. The Kier molecular flexibility index (Phi) is 3.71. The zero-order valence-corrected chi connectivity index (χ0v) is 14.9. The molecule has 0 unspecified atom stereocenters. The molecule has 5 aromatic rings. The summed E-state index contributed by atoms with van der Waals surface area (Å²) in [5.74, 6) is 0. The molecule has 0 saturated carbocycles. The number of nitrogens with zero attached hydrogens (tertiary/aromatic N) is 1. The molecule has 29 heavy (non-hydrogen) atoms. The highest BCUT2D eigenvalue weighted by molar-refractivity contribution is 6.11. The number of hydrogen-bond acceptors (Lipinski definition) is 2. The third kappa shape index (κ3) is 2.76. The maximum Gasteiger partial charge on any atom is 0.416 e. The quantitative estimate of drug-likeness (QED) is 0.386. The second-order valence-electron chi connectivity index (χ2n) is 6.80. The average molecular weight is 390 g/mol. The van der Waals surface area contributed by atoms with E-state index < -0.39 is 11.7 Å². The highest BCUT2D eigenvalue weighted by atomic mass is 19.4. The van der Waals surface area contributed by atoms with Gasteiger partial charge in [-0.2, -0.15) is 13.2 Å². The predicted molar refractivity (Wildman–Crippen MR) is 108 cm³/mol. The first-order valence-corrected chi connectivity index (χ1v) is 8.94. The monoisotopic (exact) mass is 390 g/mol. The molecule has 0 fully saturated rings. The van der Waals surface area contributed by atoms with Crippen LogP contribution < -0.4 is 5.43 Å². The molecule has 1 N–H and O–H groups in total. The molecule has 6 heteroatoms.